The topological polar surface area (TPSA) is 30.0 Å². The summed E-state index contributed by atoms with van der Waals surface area (Å²) in [6.07, 6.45) is 9.50. The average Bonchev–Trinajstić information content (AvgIpc) is 2.29. The van der Waals surface area contributed by atoms with E-state index < -0.39 is 0 Å². The largest absolute Gasteiger partial charge is 0.294 e. The second-order valence-corrected chi connectivity index (χ2v) is 4.35. The highest BCUT2D eigenvalue weighted by Crippen LogP contribution is 2.17. The molecule has 0 unspecified atom stereocenters. The van der Waals surface area contributed by atoms with Gasteiger partial charge in [0.15, 0.2) is 5.78 Å². The Labute approximate surface area is 102 Å². The van der Waals surface area contributed by atoms with Crippen LogP contribution < -0.4 is 0 Å². The first-order chi connectivity index (χ1) is 7.75. The summed E-state index contributed by atoms with van der Waals surface area (Å²) in [5, 5.41) is 0.459. The minimum absolute atomic E-state index is 0.129. The lowest BCUT2D eigenvalue weighted by Gasteiger charge is -2.02. The van der Waals surface area contributed by atoms with Crippen LogP contribution in [-0.4, -0.2) is 10.8 Å². The summed E-state index contributed by atoms with van der Waals surface area (Å²) in [6, 6.07) is 1.69. The summed E-state index contributed by atoms with van der Waals surface area (Å²) in [7, 11) is 0. The molecule has 0 spiro atoms. The van der Waals surface area contributed by atoms with Crippen molar-refractivity contribution < 1.29 is 4.79 Å². The molecule has 0 saturated heterocycles. The van der Waals surface area contributed by atoms with Gasteiger partial charge in [-0.2, -0.15) is 0 Å². The van der Waals surface area contributed by atoms with Crippen LogP contribution in [0.25, 0.3) is 0 Å². The van der Waals surface area contributed by atoms with Crippen molar-refractivity contribution in [2.45, 2.75) is 45.4 Å². The van der Waals surface area contributed by atoms with E-state index in [1.165, 1.54) is 25.5 Å². The molecule has 0 aliphatic heterocycles. The zero-order valence-corrected chi connectivity index (χ0v) is 10.5. The monoisotopic (exact) mass is 239 g/mol. The number of nitrogens with zero attached hydrogens (tertiary/aromatic N) is 1. The molecule has 0 atom stereocenters. The van der Waals surface area contributed by atoms with Gasteiger partial charge < -0.3 is 0 Å². The molecule has 0 amide bonds. The molecule has 0 aromatic carbocycles. The second-order valence-electron chi connectivity index (χ2n) is 3.94. The molecule has 0 N–H and O–H groups in total. The Bertz CT molecular complexity index is 338. The Kier molecular flexibility index (Phi) is 6.09. The molecule has 1 aromatic rings. The van der Waals surface area contributed by atoms with Crippen LogP contribution in [0.2, 0.25) is 5.02 Å². The zero-order chi connectivity index (χ0) is 11.8. The minimum atomic E-state index is 0.129. The number of carbonyl (C=O) groups is 1. The number of hydrogen-bond donors (Lipinski definition) is 0. The summed E-state index contributed by atoms with van der Waals surface area (Å²) < 4.78 is 0. The van der Waals surface area contributed by atoms with Gasteiger partial charge in [0.1, 0.15) is 0 Å². The maximum absolute atomic E-state index is 11.8. The molecule has 0 radical (unpaired) electrons. The highest BCUT2D eigenvalue weighted by molar-refractivity contribution is 6.33. The number of pyridine rings is 1. The summed E-state index contributed by atoms with van der Waals surface area (Å²) in [5.41, 5.74) is 0.604. The lowest BCUT2D eigenvalue weighted by atomic mass is 10.0. The van der Waals surface area contributed by atoms with Gasteiger partial charge in [-0.1, -0.05) is 44.2 Å². The molecule has 0 bridgehead atoms. The van der Waals surface area contributed by atoms with Crippen molar-refractivity contribution in [2.24, 2.45) is 0 Å². The summed E-state index contributed by atoms with van der Waals surface area (Å²) in [6.45, 7) is 2.18. The van der Waals surface area contributed by atoms with Gasteiger partial charge >= 0.3 is 0 Å². The third-order valence-corrected chi connectivity index (χ3v) is 2.88. The molecule has 3 heteroatoms. The summed E-state index contributed by atoms with van der Waals surface area (Å²) >= 11 is 5.90. The second kappa shape index (κ2) is 7.39. The molecule has 1 rings (SSSR count). The van der Waals surface area contributed by atoms with E-state index in [9.17, 15) is 4.79 Å². The van der Waals surface area contributed by atoms with Crippen molar-refractivity contribution in [3.05, 3.63) is 29.0 Å². The lowest BCUT2D eigenvalue weighted by molar-refractivity contribution is 0.0979. The van der Waals surface area contributed by atoms with Crippen molar-refractivity contribution in [3.8, 4) is 0 Å². The van der Waals surface area contributed by atoms with Gasteiger partial charge in [-0.05, 0) is 12.5 Å². The smallest absolute Gasteiger partial charge is 0.164 e. The summed E-state index contributed by atoms with van der Waals surface area (Å²) in [5.74, 6) is 0.129. The lowest BCUT2D eigenvalue weighted by Crippen LogP contribution is -2.00. The summed E-state index contributed by atoms with van der Waals surface area (Å²) in [4.78, 5) is 15.6. The van der Waals surface area contributed by atoms with Gasteiger partial charge in [-0.15, -0.1) is 0 Å². The van der Waals surface area contributed by atoms with Crippen LogP contribution in [0, 0.1) is 0 Å². The van der Waals surface area contributed by atoms with Gasteiger partial charge in [-0.25, -0.2) is 0 Å². The molecule has 0 aliphatic carbocycles. The molecule has 16 heavy (non-hydrogen) atoms. The molecule has 1 heterocycles. The fourth-order valence-corrected chi connectivity index (χ4v) is 1.85. The van der Waals surface area contributed by atoms with Gasteiger partial charge in [-0.3, -0.25) is 9.78 Å². The molecule has 1 aromatic heterocycles. The number of Topliss-reactive ketones (excluding diaryl/α,β-unsaturated/α-hetero) is 1. The van der Waals surface area contributed by atoms with E-state index in [1.54, 1.807) is 12.3 Å². The number of aromatic nitrogens is 1. The van der Waals surface area contributed by atoms with Gasteiger partial charge in [0.05, 0.1) is 5.02 Å². The highest BCUT2D eigenvalue weighted by atomic mass is 35.5. The molecular weight excluding hydrogens is 222 g/mol. The Hall–Kier alpha value is -0.890. The number of hydrogen-bond acceptors (Lipinski definition) is 2. The Morgan fingerprint density at radius 2 is 2.06 bits per heavy atom. The van der Waals surface area contributed by atoms with Crippen LogP contribution in [0.5, 0.6) is 0 Å². The first kappa shape index (κ1) is 13.2. The predicted octanol–water partition coefficient (Wildman–Crippen LogP) is 4.28. The average molecular weight is 240 g/mol. The maximum Gasteiger partial charge on any atom is 0.164 e. The maximum atomic E-state index is 11.8. The van der Waals surface area contributed by atoms with Crippen LogP contribution in [0.3, 0.4) is 0 Å². The van der Waals surface area contributed by atoms with Crippen molar-refractivity contribution >= 4 is 17.4 Å². The van der Waals surface area contributed by atoms with Gasteiger partial charge in [0, 0.05) is 24.4 Å². The van der Waals surface area contributed by atoms with E-state index in [-0.39, 0.29) is 5.78 Å². The number of carbonyl (C=O) groups excluding carboxylic acids is 1. The van der Waals surface area contributed by atoms with Crippen molar-refractivity contribution in [1.82, 2.24) is 4.98 Å². The Balaban J connectivity index is 2.33. The fraction of sp³-hybridized carbons (Fsp3) is 0.538. The van der Waals surface area contributed by atoms with E-state index >= 15 is 0 Å². The normalized spacial score (nSPS) is 10.4. The van der Waals surface area contributed by atoms with E-state index in [0.717, 1.165) is 12.8 Å². The SMILES string of the molecule is CCCCCCCC(=O)c1ccncc1Cl. The Morgan fingerprint density at radius 1 is 1.31 bits per heavy atom. The third kappa shape index (κ3) is 4.31. The number of rotatable bonds is 7. The molecule has 0 fully saturated rings. The standard InChI is InChI=1S/C13H18ClNO/c1-2-3-4-5-6-7-13(16)11-8-9-15-10-12(11)14/h8-10H,2-7H2,1H3. The Morgan fingerprint density at radius 3 is 2.75 bits per heavy atom. The van der Waals surface area contributed by atoms with Crippen LogP contribution in [-0.2, 0) is 0 Å². The van der Waals surface area contributed by atoms with Crippen LogP contribution in [0.1, 0.15) is 55.8 Å². The quantitative estimate of drug-likeness (QED) is 0.525. The molecule has 88 valence electrons. The molecule has 0 aliphatic rings. The predicted molar refractivity (Wildman–Crippen MR) is 67.0 cm³/mol. The first-order valence-electron chi connectivity index (χ1n) is 5.88. The van der Waals surface area contributed by atoms with Crippen LogP contribution >= 0.6 is 11.6 Å². The zero-order valence-electron chi connectivity index (χ0n) is 9.71. The number of ketones is 1. The van der Waals surface area contributed by atoms with E-state index in [0.29, 0.717) is 17.0 Å². The van der Waals surface area contributed by atoms with Crippen molar-refractivity contribution in [2.75, 3.05) is 0 Å². The molecule has 0 saturated carbocycles. The van der Waals surface area contributed by atoms with Crippen LogP contribution in [0.4, 0.5) is 0 Å². The molecular formula is C13H18ClNO. The third-order valence-electron chi connectivity index (χ3n) is 2.58. The van der Waals surface area contributed by atoms with Crippen molar-refractivity contribution in [1.29, 1.82) is 0 Å². The highest BCUT2D eigenvalue weighted by Gasteiger charge is 2.09. The first-order valence-corrected chi connectivity index (χ1v) is 6.26. The number of halogens is 1. The van der Waals surface area contributed by atoms with Crippen molar-refractivity contribution in [3.63, 3.8) is 0 Å². The molecule has 2 nitrogen and oxygen atoms in total. The van der Waals surface area contributed by atoms with Crippen LogP contribution in [0.15, 0.2) is 18.5 Å². The fourth-order valence-electron chi connectivity index (χ4n) is 1.63. The van der Waals surface area contributed by atoms with E-state index in [2.05, 4.69) is 11.9 Å². The van der Waals surface area contributed by atoms with Gasteiger partial charge in [0.25, 0.3) is 0 Å². The van der Waals surface area contributed by atoms with Gasteiger partial charge in [0.2, 0.25) is 0 Å². The minimum Gasteiger partial charge on any atom is -0.294 e. The van der Waals surface area contributed by atoms with E-state index in [4.69, 9.17) is 11.6 Å². The number of unbranched alkanes of at least 4 members (excludes halogenated alkanes) is 4. The van der Waals surface area contributed by atoms with E-state index in [1.807, 2.05) is 0 Å².